The summed E-state index contributed by atoms with van der Waals surface area (Å²) in [7, 11) is -3.71. The number of piperidine rings is 1. The van der Waals surface area contributed by atoms with Crippen LogP contribution in [-0.4, -0.2) is 38.3 Å². The average molecular weight is 492 g/mol. The van der Waals surface area contributed by atoms with Gasteiger partial charge in [0.25, 0.3) is 0 Å². The van der Waals surface area contributed by atoms with Crippen LogP contribution in [0.1, 0.15) is 19.8 Å². The molecule has 6 nitrogen and oxygen atoms in total. The SMILES string of the molecule is CCOc1ccc(S(=O)(=O)N2CCC(C(=O)Nc3ccc(Cl)cc3Cl)CC2)cc1Cl. The number of sulfonamides is 1. The second-order valence-corrected chi connectivity index (χ2v) is 10.0. The summed E-state index contributed by atoms with van der Waals surface area (Å²) in [5, 5.41) is 3.86. The standard InChI is InChI=1S/C20H21Cl3N2O4S/c1-2-29-19-6-4-15(12-17(19)23)30(27,28)25-9-7-13(8-10-25)20(26)24-18-5-3-14(21)11-16(18)22/h3-6,11-13H,2,7-10H2,1H3,(H,24,26). The van der Waals surface area contributed by atoms with Gasteiger partial charge in [-0.15, -0.1) is 0 Å². The van der Waals surface area contributed by atoms with Crippen LogP contribution in [0.4, 0.5) is 5.69 Å². The second-order valence-electron chi connectivity index (χ2n) is 6.82. The Bertz CT molecular complexity index is 1040. The Hall–Kier alpha value is -1.51. The van der Waals surface area contributed by atoms with Crippen molar-refractivity contribution >= 4 is 56.4 Å². The molecule has 1 aliphatic heterocycles. The molecule has 0 bridgehead atoms. The number of rotatable bonds is 6. The lowest BCUT2D eigenvalue weighted by Crippen LogP contribution is -2.41. The van der Waals surface area contributed by atoms with E-state index in [1.807, 2.05) is 6.92 Å². The van der Waals surface area contributed by atoms with Crippen LogP contribution in [0, 0.1) is 5.92 Å². The molecular weight excluding hydrogens is 471 g/mol. The molecule has 0 aromatic heterocycles. The highest BCUT2D eigenvalue weighted by Gasteiger charge is 2.32. The lowest BCUT2D eigenvalue weighted by atomic mass is 9.97. The topological polar surface area (TPSA) is 75.7 Å². The van der Waals surface area contributed by atoms with Crippen molar-refractivity contribution in [2.75, 3.05) is 25.0 Å². The Morgan fingerprint density at radius 1 is 1.10 bits per heavy atom. The van der Waals surface area contributed by atoms with E-state index in [1.165, 1.54) is 16.4 Å². The van der Waals surface area contributed by atoms with Crippen LogP contribution in [-0.2, 0) is 14.8 Å². The van der Waals surface area contributed by atoms with Crippen LogP contribution in [0.25, 0.3) is 0 Å². The van der Waals surface area contributed by atoms with Crippen LogP contribution in [0.5, 0.6) is 5.75 Å². The number of amides is 1. The third kappa shape index (κ3) is 5.21. The molecule has 0 radical (unpaired) electrons. The minimum absolute atomic E-state index is 0.104. The molecular formula is C20H21Cl3N2O4S. The first kappa shape index (κ1) is 23.2. The number of benzene rings is 2. The number of nitrogens with one attached hydrogen (secondary N) is 1. The van der Waals surface area contributed by atoms with E-state index < -0.39 is 10.0 Å². The number of halogens is 3. The summed E-state index contributed by atoms with van der Waals surface area (Å²) < 4.78 is 32.6. The van der Waals surface area contributed by atoms with E-state index in [0.717, 1.165) is 0 Å². The molecule has 1 aliphatic rings. The zero-order chi connectivity index (χ0) is 21.9. The molecule has 1 saturated heterocycles. The summed E-state index contributed by atoms with van der Waals surface area (Å²) in [6, 6.07) is 9.25. The van der Waals surface area contributed by atoms with Crippen molar-refractivity contribution < 1.29 is 17.9 Å². The molecule has 0 spiro atoms. The first-order valence-corrected chi connectivity index (χ1v) is 12.0. The number of ether oxygens (including phenoxy) is 1. The first-order valence-electron chi connectivity index (χ1n) is 9.40. The van der Waals surface area contributed by atoms with Crippen molar-refractivity contribution in [3.05, 3.63) is 51.5 Å². The van der Waals surface area contributed by atoms with Gasteiger partial charge in [0.05, 0.1) is 27.2 Å². The van der Waals surface area contributed by atoms with Crippen molar-refractivity contribution in [1.29, 1.82) is 0 Å². The first-order chi connectivity index (χ1) is 14.2. The Kier molecular flexibility index (Phi) is 7.52. The van der Waals surface area contributed by atoms with Crippen LogP contribution in [0.15, 0.2) is 41.3 Å². The Balaban J connectivity index is 1.64. The molecule has 30 heavy (non-hydrogen) atoms. The third-order valence-electron chi connectivity index (χ3n) is 4.85. The molecule has 2 aromatic rings. The van der Waals surface area contributed by atoms with Gasteiger partial charge in [0.15, 0.2) is 0 Å². The van der Waals surface area contributed by atoms with Crippen LogP contribution < -0.4 is 10.1 Å². The van der Waals surface area contributed by atoms with Crippen molar-refractivity contribution in [1.82, 2.24) is 4.31 Å². The van der Waals surface area contributed by atoms with Gasteiger partial charge in [0, 0.05) is 24.0 Å². The maximum atomic E-state index is 12.9. The van der Waals surface area contributed by atoms with E-state index in [9.17, 15) is 13.2 Å². The second kappa shape index (κ2) is 9.75. The fraction of sp³-hybridized carbons (Fsp3) is 0.350. The zero-order valence-corrected chi connectivity index (χ0v) is 19.3. The highest BCUT2D eigenvalue weighted by molar-refractivity contribution is 7.89. The van der Waals surface area contributed by atoms with Crippen molar-refractivity contribution in [3.8, 4) is 5.75 Å². The molecule has 1 amide bonds. The van der Waals surface area contributed by atoms with Gasteiger partial charge in [0.1, 0.15) is 5.75 Å². The van der Waals surface area contributed by atoms with E-state index in [4.69, 9.17) is 39.5 Å². The number of carbonyl (C=O) groups is 1. The highest BCUT2D eigenvalue weighted by Crippen LogP contribution is 2.31. The summed E-state index contributed by atoms with van der Waals surface area (Å²) in [6.45, 7) is 2.73. The van der Waals surface area contributed by atoms with E-state index in [0.29, 0.717) is 40.9 Å². The van der Waals surface area contributed by atoms with Gasteiger partial charge in [0.2, 0.25) is 15.9 Å². The van der Waals surface area contributed by atoms with Gasteiger partial charge in [-0.1, -0.05) is 34.8 Å². The fourth-order valence-corrected chi connectivity index (χ4v) is 5.50. The molecule has 0 atom stereocenters. The number of anilines is 1. The van der Waals surface area contributed by atoms with E-state index in [2.05, 4.69) is 5.32 Å². The van der Waals surface area contributed by atoms with Crippen LogP contribution >= 0.6 is 34.8 Å². The third-order valence-corrected chi connectivity index (χ3v) is 7.59. The quantitative estimate of drug-likeness (QED) is 0.611. The predicted octanol–water partition coefficient (Wildman–Crippen LogP) is 5.08. The van der Waals surface area contributed by atoms with Gasteiger partial charge >= 0.3 is 0 Å². The molecule has 1 fully saturated rings. The monoisotopic (exact) mass is 490 g/mol. The zero-order valence-electron chi connectivity index (χ0n) is 16.2. The van der Waals surface area contributed by atoms with Crippen molar-refractivity contribution in [3.63, 3.8) is 0 Å². The summed E-state index contributed by atoms with van der Waals surface area (Å²) in [6.07, 6.45) is 0.808. The summed E-state index contributed by atoms with van der Waals surface area (Å²) in [4.78, 5) is 12.7. The van der Waals surface area contributed by atoms with Gasteiger partial charge in [-0.2, -0.15) is 4.31 Å². The lowest BCUT2D eigenvalue weighted by molar-refractivity contribution is -0.120. The molecule has 0 aliphatic carbocycles. The molecule has 10 heteroatoms. The molecule has 162 valence electrons. The van der Waals surface area contributed by atoms with Gasteiger partial charge in [-0.25, -0.2) is 8.42 Å². The van der Waals surface area contributed by atoms with Gasteiger partial charge in [-0.3, -0.25) is 4.79 Å². The lowest BCUT2D eigenvalue weighted by Gasteiger charge is -2.30. The predicted molar refractivity (Wildman–Crippen MR) is 119 cm³/mol. The minimum Gasteiger partial charge on any atom is -0.492 e. The highest BCUT2D eigenvalue weighted by atomic mass is 35.5. The largest absolute Gasteiger partial charge is 0.492 e. The summed E-state index contributed by atoms with van der Waals surface area (Å²) in [5.74, 6) is -0.0677. The summed E-state index contributed by atoms with van der Waals surface area (Å²) in [5.41, 5.74) is 0.477. The molecule has 2 aromatic carbocycles. The van der Waals surface area contributed by atoms with E-state index in [-0.39, 0.29) is 34.8 Å². The Morgan fingerprint density at radius 3 is 2.40 bits per heavy atom. The molecule has 0 saturated carbocycles. The van der Waals surface area contributed by atoms with Crippen LogP contribution in [0.3, 0.4) is 0 Å². The number of carbonyl (C=O) groups excluding carboxylic acids is 1. The molecule has 1 heterocycles. The maximum Gasteiger partial charge on any atom is 0.243 e. The summed E-state index contributed by atoms with van der Waals surface area (Å²) >= 11 is 18.1. The fourth-order valence-electron chi connectivity index (χ4n) is 3.25. The maximum absolute atomic E-state index is 12.9. The van der Waals surface area contributed by atoms with E-state index >= 15 is 0 Å². The van der Waals surface area contributed by atoms with Gasteiger partial charge < -0.3 is 10.1 Å². The van der Waals surface area contributed by atoms with Crippen LogP contribution in [0.2, 0.25) is 15.1 Å². The molecule has 0 unspecified atom stereocenters. The van der Waals surface area contributed by atoms with Gasteiger partial charge in [-0.05, 0) is 56.2 Å². The number of hydrogen-bond donors (Lipinski definition) is 1. The average Bonchev–Trinajstić information content (AvgIpc) is 2.71. The van der Waals surface area contributed by atoms with Crippen molar-refractivity contribution in [2.45, 2.75) is 24.7 Å². The smallest absolute Gasteiger partial charge is 0.243 e. The molecule has 1 N–H and O–H groups in total. The number of nitrogens with zero attached hydrogens (tertiary/aromatic N) is 1. The molecule has 3 rings (SSSR count). The van der Waals surface area contributed by atoms with Crippen molar-refractivity contribution in [2.24, 2.45) is 5.92 Å². The van der Waals surface area contributed by atoms with E-state index in [1.54, 1.807) is 24.3 Å². The minimum atomic E-state index is -3.71. The Morgan fingerprint density at radius 2 is 1.80 bits per heavy atom. The number of hydrogen-bond acceptors (Lipinski definition) is 4. The Labute approximate surface area is 191 Å². The normalized spacial score (nSPS) is 15.7.